The van der Waals surface area contributed by atoms with Crippen LogP contribution in [-0.4, -0.2) is 30.1 Å². The van der Waals surface area contributed by atoms with Gasteiger partial charge in [0.1, 0.15) is 12.2 Å². The van der Waals surface area contributed by atoms with E-state index in [9.17, 15) is 19.5 Å². The van der Waals surface area contributed by atoms with Crippen LogP contribution < -0.4 is 63.3 Å². The van der Waals surface area contributed by atoms with Crippen LogP contribution in [0.25, 0.3) is 0 Å². The Labute approximate surface area is 186 Å². The molecule has 6 nitrogen and oxygen atoms in total. The Morgan fingerprint density at radius 2 is 1.39 bits per heavy atom. The molecule has 0 aromatic heterocycles. The Hall–Kier alpha value is -0.305. The van der Waals surface area contributed by atoms with Crippen LogP contribution in [0.2, 0.25) is 0 Å². The summed E-state index contributed by atoms with van der Waals surface area (Å²) in [6.45, 7) is 11.5. The molecular formula is C16H23O6Rb. The first-order valence-electron chi connectivity index (χ1n) is 7.08. The van der Waals surface area contributed by atoms with Crippen LogP contribution in [0.3, 0.4) is 0 Å². The van der Waals surface area contributed by atoms with Gasteiger partial charge in [0.25, 0.3) is 0 Å². The Morgan fingerprint density at radius 3 is 1.61 bits per heavy atom. The van der Waals surface area contributed by atoms with Gasteiger partial charge in [0, 0.05) is 23.5 Å². The van der Waals surface area contributed by atoms with Crippen molar-refractivity contribution < 1.29 is 87.2 Å². The third-order valence-corrected chi connectivity index (χ3v) is 3.43. The first kappa shape index (κ1) is 24.9. The number of ether oxygens (including phenoxy) is 2. The third-order valence-electron chi connectivity index (χ3n) is 3.43. The standard InChI is InChI=1S/C16H24O6.Rb/c1-6-13(17)21-11(4)9-16(8-3,15(19)20)10-12(5)22-14(18)7-2;/h6-7,11-12H,1-2,8-10H2,3-5H3,(H,19,20);/q;+1/p-1. The first-order valence-corrected chi connectivity index (χ1v) is 7.08. The first-order chi connectivity index (χ1) is 10.2. The molecule has 0 fully saturated rings. The van der Waals surface area contributed by atoms with Crippen molar-refractivity contribution in [2.45, 2.75) is 52.2 Å². The minimum atomic E-state index is -1.27. The molecule has 23 heavy (non-hydrogen) atoms. The van der Waals surface area contributed by atoms with Crippen LogP contribution in [-0.2, 0) is 23.9 Å². The van der Waals surface area contributed by atoms with Gasteiger partial charge >= 0.3 is 70.1 Å². The maximum Gasteiger partial charge on any atom is 1.00 e. The molecule has 0 aromatic rings. The monoisotopic (exact) mass is 396 g/mol. The molecular weight excluding hydrogens is 374 g/mol. The SMILES string of the molecule is C=CC(=O)OC(C)CC(CC)(CC(C)OC(=O)C=C)C(=O)[O-].[Rb+]. The van der Waals surface area contributed by atoms with Crippen molar-refractivity contribution in [1.82, 2.24) is 0 Å². The number of hydrogen-bond acceptors (Lipinski definition) is 6. The number of carboxylic acid groups (broad SMARTS) is 1. The summed E-state index contributed by atoms with van der Waals surface area (Å²) < 4.78 is 10.0. The Morgan fingerprint density at radius 1 is 1.04 bits per heavy atom. The molecule has 0 aromatic carbocycles. The second-order valence-electron chi connectivity index (χ2n) is 5.23. The van der Waals surface area contributed by atoms with Gasteiger partial charge in [-0.1, -0.05) is 20.1 Å². The molecule has 0 radical (unpaired) electrons. The molecule has 0 aliphatic heterocycles. The molecule has 0 amide bonds. The summed E-state index contributed by atoms with van der Waals surface area (Å²) in [5.74, 6) is -2.51. The maximum atomic E-state index is 11.6. The van der Waals surface area contributed by atoms with Crippen molar-refractivity contribution >= 4 is 17.9 Å². The number of carboxylic acids is 1. The molecule has 2 unspecified atom stereocenters. The van der Waals surface area contributed by atoms with E-state index in [4.69, 9.17) is 9.47 Å². The van der Waals surface area contributed by atoms with Gasteiger partial charge in [-0.25, -0.2) is 9.59 Å². The second kappa shape index (κ2) is 12.1. The summed E-state index contributed by atoms with van der Waals surface area (Å²) in [5.41, 5.74) is -1.26. The van der Waals surface area contributed by atoms with Crippen LogP contribution in [0, 0.1) is 5.41 Å². The van der Waals surface area contributed by atoms with Crippen LogP contribution >= 0.6 is 0 Å². The fourth-order valence-corrected chi connectivity index (χ4v) is 2.36. The molecule has 0 aliphatic carbocycles. The molecule has 2 atom stereocenters. The predicted molar refractivity (Wildman–Crippen MR) is 78.5 cm³/mol. The Balaban J connectivity index is 0. The van der Waals surface area contributed by atoms with Gasteiger partial charge in [-0.3, -0.25) is 0 Å². The van der Waals surface area contributed by atoms with Crippen molar-refractivity contribution in [1.29, 1.82) is 0 Å². The summed E-state index contributed by atoms with van der Waals surface area (Å²) in [4.78, 5) is 34.0. The van der Waals surface area contributed by atoms with Gasteiger partial charge in [0.05, 0.1) is 0 Å². The van der Waals surface area contributed by atoms with Gasteiger partial charge < -0.3 is 19.4 Å². The molecule has 0 bridgehead atoms. The van der Waals surface area contributed by atoms with E-state index in [0.717, 1.165) is 12.2 Å². The maximum absolute atomic E-state index is 11.6. The van der Waals surface area contributed by atoms with E-state index in [1.165, 1.54) is 0 Å². The number of esters is 2. The number of carbonyl (C=O) groups excluding carboxylic acids is 3. The summed E-state index contributed by atoms with van der Waals surface area (Å²) in [7, 11) is 0. The largest absolute Gasteiger partial charge is 1.00 e. The zero-order valence-corrected chi connectivity index (χ0v) is 19.2. The average Bonchev–Trinajstić information content (AvgIpc) is 2.45. The molecule has 7 heteroatoms. The molecule has 0 heterocycles. The molecule has 0 aliphatic rings. The second-order valence-corrected chi connectivity index (χ2v) is 5.23. The zero-order chi connectivity index (χ0) is 17.3. The number of hydrogen-bond donors (Lipinski definition) is 0. The van der Waals surface area contributed by atoms with E-state index in [1.807, 2.05) is 0 Å². The molecule has 0 saturated carbocycles. The van der Waals surface area contributed by atoms with Gasteiger partial charge in [-0.05, 0) is 33.1 Å². The van der Waals surface area contributed by atoms with E-state index in [1.54, 1.807) is 20.8 Å². The quantitative estimate of drug-likeness (QED) is 0.318. The van der Waals surface area contributed by atoms with Gasteiger partial charge in [-0.2, -0.15) is 0 Å². The summed E-state index contributed by atoms with van der Waals surface area (Å²) in [6.07, 6.45) is 1.12. The number of carbonyl (C=O) groups is 3. The van der Waals surface area contributed by atoms with Crippen LogP contribution in [0.15, 0.2) is 25.3 Å². The zero-order valence-electron chi connectivity index (χ0n) is 14.3. The van der Waals surface area contributed by atoms with Crippen molar-refractivity contribution in [2.24, 2.45) is 5.41 Å². The summed E-state index contributed by atoms with van der Waals surface area (Å²) in [6, 6.07) is 0. The van der Waals surface area contributed by atoms with Crippen LogP contribution in [0.4, 0.5) is 0 Å². The van der Waals surface area contributed by atoms with Crippen LogP contribution in [0.1, 0.15) is 40.0 Å². The smallest absolute Gasteiger partial charge is 0.550 e. The summed E-state index contributed by atoms with van der Waals surface area (Å²) in [5, 5.41) is 11.6. The summed E-state index contributed by atoms with van der Waals surface area (Å²) >= 11 is 0. The molecule has 0 spiro atoms. The third kappa shape index (κ3) is 8.93. The average molecular weight is 397 g/mol. The minimum absolute atomic E-state index is 0. The Kier molecular flexibility index (Phi) is 13.1. The molecule has 0 saturated heterocycles. The van der Waals surface area contributed by atoms with Crippen molar-refractivity contribution in [3.8, 4) is 0 Å². The van der Waals surface area contributed by atoms with E-state index in [-0.39, 0.29) is 77.4 Å². The van der Waals surface area contributed by atoms with Gasteiger partial charge in [0.2, 0.25) is 0 Å². The molecule has 124 valence electrons. The van der Waals surface area contributed by atoms with Crippen LogP contribution in [0.5, 0.6) is 0 Å². The normalized spacial score (nSPS) is 15.1. The van der Waals surface area contributed by atoms with Gasteiger partial charge in [-0.15, -0.1) is 0 Å². The number of rotatable bonds is 10. The predicted octanol–water partition coefficient (Wildman–Crippen LogP) is -1.85. The fraction of sp³-hybridized carbons (Fsp3) is 0.562. The fourth-order valence-electron chi connectivity index (χ4n) is 2.36. The minimum Gasteiger partial charge on any atom is -0.550 e. The van der Waals surface area contributed by atoms with E-state index in [2.05, 4.69) is 13.2 Å². The van der Waals surface area contributed by atoms with Crippen molar-refractivity contribution in [3.05, 3.63) is 25.3 Å². The molecule has 0 N–H and O–H groups in total. The topological polar surface area (TPSA) is 92.7 Å². The van der Waals surface area contributed by atoms with E-state index < -0.39 is 35.5 Å². The Bertz CT molecular complexity index is 416. The number of aliphatic carboxylic acids is 1. The van der Waals surface area contributed by atoms with E-state index in [0.29, 0.717) is 0 Å². The van der Waals surface area contributed by atoms with Crippen molar-refractivity contribution in [3.63, 3.8) is 0 Å². The van der Waals surface area contributed by atoms with E-state index >= 15 is 0 Å². The van der Waals surface area contributed by atoms with Gasteiger partial charge in [0.15, 0.2) is 0 Å². The molecule has 0 rings (SSSR count). The van der Waals surface area contributed by atoms with Crippen molar-refractivity contribution in [2.75, 3.05) is 0 Å².